The van der Waals surface area contributed by atoms with E-state index < -0.39 is 141 Å². The molecule has 20 heteroatoms. The summed E-state index contributed by atoms with van der Waals surface area (Å²) in [7, 11) is 0. The van der Waals surface area contributed by atoms with Crippen molar-refractivity contribution >= 4 is 11.9 Å². The van der Waals surface area contributed by atoms with Crippen molar-refractivity contribution in [2.24, 2.45) is 5.92 Å². The van der Waals surface area contributed by atoms with E-state index in [0.717, 1.165) is 6.92 Å². The van der Waals surface area contributed by atoms with Gasteiger partial charge in [-0.1, -0.05) is 13.8 Å². The summed E-state index contributed by atoms with van der Waals surface area (Å²) in [4.78, 5) is 24.7. The maximum atomic E-state index is 12.4. The summed E-state index contributed by atoms with van der Waals surface area (Å²) >= 11 is 0. The number of carbonyl (C=O) groups is 2. The Morgan fingerprint density at radius 2 is 1.24 bits per heavy atom. The molecule has 0 aromatic heterocycles. The monoisotopic (exact) mass is 729 g/mol. The van der Waals surface area contributed by atoms with Gasteiger partial charge < -0.3 is 89.2 Å². The number of aliphatic hydroxyl groups is 8. The molecule has 0 radical (unpaired) electrons. The van der Waals surface area contributed by atoms with Gasteiger partial charge in [0.05, 0.1) is 24.9 Å². The molecule has 0 spiro atoms. The Balaban J connectivity index is 1.59. The lowest BCUT2D eigenvalue weighted by atomic mass is 9.91. The van der Waals surface area contributed by atoms with Gasteiger partial charge in [0.15, 0.2) is 31.3 Å². The van der Waals surface area contributed by atoms with Crippen molar-refractivity contribution in [3.63, 3.8) is 0 Å². The SMILES string of the molecule is CCCO[C@@H]1OC(C)[C@H](C)[C@H](O)C1O[C@@H]1OC(CO)[C@H](O)[C@H](O[C@@H]2OC(C(=O)O)[C@H](O[C@@H]3O[C@@H](C)[C@H](O)C(O)C3O)[C@H](O)C2O)C1NC(C)=O. The van der Waals surface area contributed by atoms with E-state index >= 15 is 0 Å². The minimum absolute atomic E-state index is 0.241. The summed E-state index contributed by atoms with van der Waals surface area (Å²) in [6.45, 7) is 7.23. The number of carboxylic acids is 1. The van der Waals surface area contributed by atoms with E-state index in [-0.39, 0.29) is 6.61 Å². The third-order valence-corrected chi connectivity index (χ3v) is 9.41. The van der Waals surface area contributed by atoms with Gasteiger partial charge in [-0.15, -0.1) is 0 Å². The summed E-state index contributed by atoms with van der Waals surface area (Å²) in [5.74, 6) is -2.85. The molecule has 0 saturated carbocycles. The number of rotatable bonds is 12. The highest BCUT2D eigenvalue weighted by Gasteiger charge is 2.56. The zero-order valence-electron chi connectivity index (χ0n) is 28.3. The first-order chi connectivity index (χ1) is 23.5. The Labute approximate surface area is 287 Å². The Bertz CT molecular complexity index is 1120. The lowest BCUT2D eigenvalue weighted by Gasteiger charge is -2.50. The van der Waals surface area contributed by atoms with E-state index in [1.165, 1.54) is 6.92 Å². The number of carboxylic acid groups (broad SMARTS) is 1. The Kier molecular flexibility index (Phi) is 14.3. The van der Waals surface area contributed by atoms with Crippen LogP contribution in [0.2, 0.25) is 0 Å². The quantitative estimate of drug-likeness (QED) is 0.0902. The van der Waals surface area contributed by atoms with Crippen molar-refractivity contribution in [3.05, 3.63) is 0 Å². The second kappa shape index (κ2) is 17.4. The van der Waals surface area contributed by atoms with Crippen molar-refractivity contribution in [2.75, 3.05) is 13.2 Å². The third-order valence-electron chi connectivity index (χ3n) is 9.41. The molecule has 8 unspecified atom stereocenters. The van der Waals surface area contributed by atoms with E-state index in [1.54, 1.807) is 13.8 Å². The number of hydrogen-bond acceptors (Lipinski definition) is 18. The largest absolute Gasteiger partial charge is 0.479 e. The van der Waals surface area contributed by atoms with E-state index in [2.05, 4.69) is 5.32 Å². The Hall–Kier alpha value is -1.70. The van der Waals surface area contributed by atoms with Gasteiger partial charge in [-0.05, 0) is 20.3 Å². The van der Waals surface area contributed by atoms with Gasteiger partial charge in [-0.2, -0.15) is 0 Å². The molecule has 4 saturated heterocycles. The van der Waals surface area contributed by atoms with Crippen LogP contribution >= 0.6 is 0 Å². The molecule has 20 atom stereocenters. The summed E-state index contributed by atoms with van der Waals surface area (Å²) in [6, 6.07) is -1.47. The van der Waals surface area contributed by atoms with Crippen LogP contribution < -0.4 is 5.32 Å². The third kappa shape index (κ3) is 8.73. The van der Waals surface area contributed by atoms with Crippen LogP contribution in [0, 0.1) is 5.92 Å². The molecule has 4 fully saturated rings. The molecule has 4 rings (SSSR count). The van der Waals surface area contributed by atoms with Crippen LogP contribution in [0.5, 0.6) is 0 Å². The van der Waals surface area contributed by atoms with Gasteiger partial charge >= 0.3 is 5.97 Å². The van der Waals surface area contributed by atoms with Crippen molar-refractivity contribution in [1.29, 1.82) is 0 Å². The van der Waals surface area contributed by atoms with Crippen LogP contribution in [0.3, 0.4) is 0 Å². The first-order valence-electron chi connectivity index (χ1n) is 16.6. The Morgan fingerprint density at radius 3 is 1.84 bits per heavy atom. The first kappa shape index (κ1) is 41.1. The van der Waals surface area contributed by atoms with E-state index in [4.69, 9.17) is 37.9 Å². The number of carbonyl (C=O) groups excluding carboxylic acids is 1. The Morgan fingerprint density at radius 1 is 0.660 bits per heavy atom. The highest BCUT2D eigenvalue weighted by Crippen LogP contribution is 2.35. The average Bonchev–Trinajstić information content (AvgIpc) is 3.06. The number of aliphatic carboxylic acids is 1. The number of amides is 1. The van der Waals surface area contributed by atoms with Crippen LogP contribution in [-0.4, -0.2) is 188 Å². The lowest BCUT2D eigenvalue weighted by Crippen LogP contribution is -2.70. The minimum Gasteiger partial charge on any atom is -0.479 e. The van der Waals surface area contributed by atoms with Crippen molar-refractivity contribution < 1.29 is 93.4 Å². The molecule has 20 nitrogen and oxygen atoms in total. The van der Waals surface area contributed by atoms with Gasteiger partial charge in [0.2, 0.25) is 5.91 Å². The highest BCUT2D eigenvalue weighted by molar-refractivity contribution is 5.74. The van der Waals surface area contributed by atoms with Crippen LogP contribution in [0.15, 0.2) is 0 Å². The normalized spacial score (nSPS) is 48.6. The summed E-state index contributed by atoms with van der Waals surface area (Å²) < 4.78 is 45.9. The predicted molar refractivity (Wildman–Crippen MR) is 160 cm³/mol. The van der Waals surface area contributed by atoms with E-state index in [9.17, 15) is 55.5 Å². The molecule has 1 amide bonds. The van der Waals surface area contributed by atoms with Gasteiger partial charge in [0, 0.05) is 19.4 Å². The molecule has 0 aromatic carbocycles. The number of hydrogen-bond donors (Lipinski definition) is 10. The molecule has 4 aliphatic heterocycles. The molecule has 290 valence electrons. The number of nitrogens with one attached hydrogen (secondary N) is 1. The van der Waals surface area contributed by atoms with Crippen LogP contribution in [-0.2, 0) is 47.5 Å². The molecular weight excluding hydrogens is 678 g/mol. The summed E-state index contributed by atoms with van der Waals surface area (Å²) in [6.07, 6.45) is -28.1. The summed E-state index contributed by atoms with van der Waals surface area (Å²) in [5.41, 5.74) is 0. The maximum absolute atomic E-state index is 12.4. The van der Waals surface area contributed by atoms with Crippen molar-refractivity contribution in [2.45, 2.75) is 158 Å². The highest BCUT2D eigenvalue weighted by atomic mass is 16.8. The molecule has 50 heavy (non-hydrogen) atoms. The number of aliphatic hydroxyl groups excluding tert-OH is 8. The molecular formula is C30H51NO19. The second-order valence-corrected chi connectivity index (χ2v) is 13.1. The first-order valence-corrected chi connectivity index (χ1v) is 16.6. The van der Waals surface area contributed by atoms with Crippen molar-refractivity contribution in [3.8, 4) is 0 Å². The maximum Gasteiger partial charge on any atom is 0.335 e. The average molecular weight is 730 g/mol. The smallest absolute Gasteiger partial charge is 0.335 e. The van der Waals surface area contributed by atoms with Gasteiger partial charge in [0.25, 0.3) is 0 Å². The zero-order chi connectivity index (χ0) is 37.2. The number of ether oxygens (including phenoxy) is 8. The van der Waals surface area contributed by atoms with Crippen LogP contribution in [0.1, 0.15) is 41.0 Å². The van der Waals surface area contributed by atoms with Crippen LogP contribution in [0.4, 0.5) is 0 Å². The van der Waals surface area contributed by atoms with Gasteiger partial charge in [0.1, 0.15) is 67.1 Å². The summed E-state index contributed by atoms with van der Waals surface area (Å²) in [5, 5.41) is 97.6. The van der Waals surface area contributed by atoms with E-state index in [1.807, 2.05) is 6.92 Å². The van der Waals surface area contributed by atoms with Gasteiger partial charge in [-0.25, -0.2) is 4.79 Å². The standard InChI is InChI=1S/C30H51NO19/c1-6-7-43-30-24(15(34)9(2)10(3)44-30)49-27-14(31-12(5)33)22(17(36)13(8-32)46-27)47-29-21(40)19(38)23(25(50-29)26(41)42)48-28-20(39)18(37)16(35)11(4)45-28/h9-11,13-25,27-30,32,34-40H,6-8H2,1-5H3,(H,31,33)(H,41,42)/t9-,10?,11-,13?,14?,15-,16-,17-,18?,19+,20?,21?,22+,23+,24?,25?,27-,28-,29+,30+/m0/s1. The van der Waals surface area contributed by atoms with Gasteiger partial charge in [-0.3, -0.25) is 4.79 Å². The predicted octanol–water partition coefficient (Wildman–Crippen LogP) is -4.75. The van der Waals surface area contributed by atoms with E-state index in [0.29, 0.717) is 6.42 Å². The second-order valence-electron chi connectivity index (χ2n) is 13.1. The molecule has 10 N–H and O–H groups in total. The fraction of sp³-hybridized carbons (Fsp3) is 0.933. The fourth-order valence-electron chi connectivity index (χ4n) is 6.29. The molecule has 0 aromatic rings. The molecule has 4 aliphatic rings. The lowest BCUT2D eigenvalue weighted by molar-refractivity contribution is -0.375. The topological polar surface area (TPSA) is 302 Å². The minimum atomic E-state index is -2.11. The molecule has 4 heterocycles. The fourth-order valence-corrected chi connectivity index (χ4v) is 6.29. The van der Waals surface area contributed by atoms with Crippen molar-refractivity contribution in [1.82, 2.24) is 5.32 Å². The molecule has 0 aliphatic carbocycles. The van der Waals surface area contributed by atoms with Crippen LogP contribution in [0.25, 0.3) is 0 Å². The zero-order valence-corrected chi connectivity index (χ0v) is 28.3. The molecule has 0 bridgehead atoms.